The van der Waals surface area contributed by atoms with Gasteiger partial charge in [0.05, 0.1) is 18.1 Å². The number of rotatable bonds is 3. The van der Waals surface area contributed by atoms with Crippen LogP contribution >= 0.6 is 0 Å². The second kappa shape index (κ2) is 5.38. The maximum atomic E-state index is 8.53. The molecule has 0 aliphatic rings. The fraction of sp³-hybridized carbons (Fsp3) is 0.600. The van der Waals surface area contributed by atoms with Crippen LogP contribution in [0.4, 0.5) is 0 Å². The number of hydrogen-bond donors (Lipinski definition) is 0. The molecule has 64 valence electrons. The zero-order valence-corrected chi connectivity index (χ0v) is 7.83. The van der Waals surface area contributed by atoms with Gasteiger partial charge in [-0.05, 0) is 27.2 Å². The van der Waals surface area contributed by atoms with Crippen molar-refractivity contribution in [3.8, 4) is 12.1 Å². The first kappa shape index (κ1) is 10.7. The van der Waals surface area contributed by atoms with E-state index in [0.717, 1.165) is 12.0 Å². The lowest BCUT2D eigenvalue weighted by molar-refractivity contribution is 0.723. The minimum absolute atomic E-state index is 0.0455. The molecule has 0 aliphatic heterocycles. The van der Waals surface area contributed by atoms with Crippen molar-refractivity contribution in [2.75, 3.05) is 0 Å². The van der Waals surface area contributed by atoms with Gasteiger partial charge >= 0.3 is 0 Å². The predicted molar refractivity (Wildman–Crippen MR) is 47.9 cm³/mol. The summed E-state index contributed by atoms with van der Waals surface area (Å²) in [5.74, 6) is 0.00281. The number of allylic oxidation sites excluding steroid dienone is 2. The van der Waals surface area contributed by atoms with E-state index in [4.69, 9.17) is 10.5 Å². The second-order valence-electron chi connectivity index (χ2n) is 3.17. The normalized spacial score (nSPS) is 15.9. The summed E-state index contributed by atoms with van der Waals surface area (Å²) in [6.07, 6.45) is 2.68. The Kier molecular flexibility index (Phi) is 4.81. The van der Waals surface area contributed by atoms with Crippen LogP contribution in [-0.2, 0) is 0 Å². The largest absolute Gasteiger partial charge is 0.198 e. The quantitative estimate of drug-likeness (QED) is 0.599. The Labute approximate surface area is 74.1 Å². The van der Waals surface area contributed by atoms with Crippen molar-refractivity contribution in [1.82, 2.24) is 0 Å². The highest BCUT2D eigenvalue weighted by atomic mass is 14.3. The van der Waals surface area contributed by atoms with Crippen molar-refractivity contribution < 1.29 is 0 Å². The minimum atomic E-state index is -0.0455. The molecular weight excluding hydrogens is 148 g/mol. The fourth-order valence-corrected chi connectivity index (χ4v) is 1.06. The van der Waals surface area contributed by atoms with Gasteiger partial charge in [0, 0.05) is 5.92 Å². The highest BCUT2D eigenvalue weighted by molar-refractivity contribution is 5.08. The van der Waals surface area contributed by atoms with Gasteiger partial charge in [-0.15, -0.1) is 0 Å². The van der Waals surface area contributed by atoms with Crippen LogP contribution in [-0.4, -0.2) is 0 Å². The topological polar surface area (TPSA) is 47.6 Å². The van der Waals surface area contributed by atoms with Gasteiger partial charge in [0.25, 0.3) is 0 Å². The first-order valence-electron chi connectivity index (χ1n) is 4.06. The van der Waals surface area contributed by atoms with Crippen LogP contribution in [0.2, 0.25) is 0 Å². The molecule has 0 fully saturated rings. The number of nitriles is 2. The highest BCUT2D eigenvalue weighted by Crippen LogP contribution is 2.11. The molecule has 0 aromatic carbocycles. The first-order chi connectivity index (χ1) is 5.60. The third kappa shape index (κ3) is 4.52. The molecule has 0 heterocycles. The van der Waals surface area contributed by atoms with Crippen molar-refractivity contribution in [3.63, 3.8) is 0 Å². The molecule has 0 N–H and O–H groups in total. The molecule has 0 aromatic rings. The van der Waals surface area contributed by atoms with Crippen LogP contribution in [0.3, 0.4) is 0 Å². The van der Waals surface area contributed by atoms with E-state index in [-0.39, 0.29) is 11.8 Å². The van der Waals surface area contributed by atoms with Crippen LogP contribution in [0.15, 0.2) is 11.6 Å². The van der Waals surface area contributed by atoms with Crippen molar-refractivity contribution in [2.45, 2.75) is 27.2 Å². The van der Waals surface area contributed by atoms with E-state index in [9.17, 15) is 0 Å². The Morgan fingerprint density at radius 3 is 2.33 bits per heavy atom. The molecule has 2 nitrogen and oxygen atoms in total. The molecule has 0 saturated carbocycles. The average molecular weight is 162 g/mol. The van der Waals surface area contributed by atoms with Gasteiger partial charge in [-0.25, -0.2) is 0 Å². The molecule has 2 heteroatoms. The molecule has 0 spiro atoms. The van der Waals surface area contributed by atoms with E-state index in [1.165, 1.54) is 0 Å². The molecular formula is C10H14N2. The Morgan fingerprint density at radius 2 is 1.92 bits per heavy atom. The first-order valence-corrected chi connectivity index (χ1v) is 4.06. The van der Waals surface area contributed by atoms with Gasteiger partial charge in [-0.2, -0.15) is 10.5 Å². The molecule has 0 amide bonds. The van der Waals surface area contributed by atoms with Gasteiger partial charge < -0.3 is 0 Å². The summed E-state index contributed by atoms with van der Waals surface area (Å²) in [5.41, 5.74) is 1.12. The van der Waals surface area contributed by atoms with E-state index in [1.54, 1.807) is 0 Å². The Bertz CT molecular complexity index is 240. The standard InChI is InChI=1S/C10H14N2/c1-8(4-9(2)6-11)5-10(3)7-12/h4,9-10H,5H2,1-3H3. The van der Waals surface area contributed by atoms with Crippen LogP contribution < -0.4 is 0 Å². The predicted octanol–water partition coefficient (Wildman–Crippen LogP) is 2.64. The lowest BCUT2D eigenvalue weighted by atomic mass is 10.0. The monoisotopic (exact) mass is 162 g/mol. The van der Waals surface area contributed by atoms with E-state index < -0.39 is 0 Å². The van der Waals surface area contributed by atoms with Crippen LogP contribution in [0.1, 0.15) is 27.2 Å². The maximum Gasteiger partial charge on any atom is 0.0694 e. The van der Waals surface area contributed by atoms with Crippen molar-refractivity contribution in [2.24, 2.45) is 11.8 Å². The third-order valence-corrected chi connectivity index (χ3v) is 1.59. The average Bonchev–Trinajstić information content (AvgIpc) is 2.03. The molecule has 0 rings (SSSR count). The van der Waals surface area contributed by atoms with Crippen molar-refractivity contribution in [3.05, 3.63) is 11.6 Å². The Morgan fingerprint density at radius 1 is 1.33 bits per heavy atom. The van der Waals surface area contributed by atoms with Gasteiger partial charge in [0.2, 0.25) is 0 Å². The van der Waals surface area contributed by atoms with Gasteiger partial charge in [0.15, 0.2) is 0 Å². The van der Waals surface area contributed by atoms with Crippen LogP contribution in [0, 0.1) is 34.5 Å². The van der Waals surface area contributed by atoms with Gasteiger partial charge in [-0.1, -0.05) is 11.6 Å². The summed E-state index contributed by atoms with van der Waals surface area (Å²) in [6.45, 7) is 5.69. The number of hydrogen-bond acceptors (Lipinski definition) is 2. The van der Waals surface area contributed by atoms with Gasteiger partial charge in [0.1, 0.15) is 0 Å². The smallest absolute Gasteiger partial charge is 0.0694 e. The third-order valence-electron chi connectivity index (χ3n) is 1.59. The lowest BCUT2D eigenvalue weighted by Gasteiger charge is -2.02. The summed E-state index contributed by atoms with van der Waals surface area (Å²) < 4.78 is 0. The molecule has 0 aliphatic carbocycles. The van der Waals surface area contributed by atoms with Gasteiger partial charge in [-0.3, -0.25) is 0 Å². The Hall–Kier alpha value is -1.28. The van der Waals surface area contributed by atoms with E-state index in [2.05, 4.69) is 12.1 Å². The summed E-state index contributed by atoms with van der Waals surface area (Å²) in [6, 6.07) is 4.29. The van der Waals surface area contributed by atoms with E-state index in [0.29, 0.717) is 0 Å². The Balaban J connectivity index is 4.06. The molecule has 0 saturated heterocycles. The minimum Gasteiger partial charge on any atom is -0.198 e. The van der Waals surface area contributed by atoms with Crippen LogP contribution in [0.5, 0.6) is 0 Å². The molecule has 2 atom stereocenters. The molecule has 2 unspecified atom stereocenters. The SMILES string of the molecule is CC(=CC(C)C#N)CC(C)C#N. The lowest BCUT2D eigenvalue weighted by Crippen LogP contribution is -1.93. The summed E-state index contributed by atoms with van der Waals surface area (Å²) in [4.78, 5) is 0. The van der Waals surface area contributed by atoms with Crippen molar-refractivity contribution >= 4 is 0 Å². The molecule has 0 radical (unpaired) electrons. The molecule has 0 aromatic heterocycles. The summed E-state index contributed by atoms with van der Waals surface area (Å²) in [7, 11) is 0. The fourth-order valence-electron chi connectivity index (χ4n) is 1.06. The van der Waals surface area contributed by atoms with Crippen LogP contribution in [0.25, 0.3) is 0 Å². The van der Waals surface area contributed by atoms with E-state index in [1.807, 2.05) is 26.8 Å². The zero-order valence-electron chi connectivity index (χ0n) is 7.83. The summed E-state index contributed by atoms with van der Waals surface area (Å²) in [5, 5.41) is 17.0. The number of nitrogens with zero attached hydrogens (tertiary/aromatic N) is 2. The molecule has 12 heavy (non-hydrogen) atoms. The second-order valence-corrected chi connectivity index (χ2v) is 3.17. The summed E-state index contributed by atoms with van der Waals surface area (Å²) >= 11 is 0. The maximum absolute atomic E-state index is 8.53. The van der Waals surface area contributed by atoms with E-state index >= 15 is 0 Å². The zero-order chi connectivity index (χ0) is 9.56. The highest BCUT2D eigenvalue weighted by Gasteiger charge is 2.01. The molecule has 0 bridgehead atoms. The van der Waals surface area contributed by atoms with Crippen molar-refractivity contribution in [1.29, 1.82) is 10.5 Å².